The summed E-state index contributed by atoms with van der Waals surface area (Å²) in [5, 5.41) is 6.57. The molecule has 2 saturated heterocycles. The molecule has 27 heavy (non-hydrogen) atoms. The Morgan fingerprint density at radius 3 is 2.41 bits per heavy atom. The van der Waals surface area contributed by atoms with Gasteiger partial charge in [-0.1, -0.05) is 13.8 Å². The Bertz CT molecular complexity index is 453. The predicted octanol–water partition coefficient (Wildman–Crippen LogP) is 2.92. The van der Waals surface area contributed by atoms with Gasteiger partial charge in [-0.15, -0.1) is 24.0 Å². The summed E-state index contributed by atoms with van der Waals surface area (Å²) in [7, 11) is 0. The molecule has 0 spiro atoms. The Morgan fingerprint density at radius 1 is 1.19 bits per heavy atom. The van der Waals surface area contributed by atoms with Crippen LogP contribution in [0.5, 0.6) is 0 Å². The third-order valence-electron chi connectivity index (χ3n) is 5.18. The van der Waals surface area contributed by atoms with E-state index in [2.05, 4.69) is 29.4 Å². The standard InChI is InChI=1S/C18H34F3N5.HI/c1-4-22-17(23-11-16(14(2)3)26-8-5-6-9-26)24-15-7-10-25(12-15)13-18(19,20)21;/h14-16H,4-13H2,1-3H3,(H2,22,23,24);1H. The van der Waals surface area contributed by atoms with E-state index in [4.69, 9.17) is 4.99 Å². The molecule has 0 amide bonds. The minimum absolute atomic E-state index is 0. The predicted molar refractivity (Wildman–Crippen MR) is 115 cm³/mol. The van der Waals surface area contributed by atoms with Crippen molar-refractivity contribution in [1.82, 2.24) is 20.4 Å². The average Bonchev–Trinajstić information content (AvgIpc) is 3.18. The maximum Gasteiger partial charge on any atom is 0.401 e. The fourth-order valence-electron chi connectivity index (χ4n) is 3.87. The molecule has 0 bridgehead atoms. The van der Waals surface area contributed by atoms with Crippen molar-refractivity contribution in [3.8, 4) is 0 Å². The van der Waals surface area contributed by atoms with Crippen LogP contribution in [0, 0.1) is 5.92 Å². The largest absolute Gasteiger partial charge is 0.401 e. The van der Waals surface area contributed by atoms with Crippen molar-refractivity contribution in [3.05, 3.63) is 0 Å². The molecule has 2 fully saturated rings. The van der Waals surface area contributed by atoms with E-state index in [1.165, 1.54) is 17.7 Å². The first-order chi connectivity index (χ1) is 12.3. The van der Waals surface area contributed by atoms with Gasteiger partial charge in [-0.05, 0) is 45.2 Å². The van der Waals surface area contributed by atoms with Crippen LogP contribution in [-0.4, -0.2) is 79.8 Å². The summed E-state index contributed by atoms with van der Waals surface area (Å²) in [6.45, 7) is 10.2. The first-order valence-electron chi connectivity index (χ1n) is 9.86. The van der Waals surface area contributed by atoms with Gasteiger partial charge in [0.15, 0.2) is 5.96 Å². The Kier molecular flexibility index (Phi) is 10.7. The summed E-state index contributed by atoms with van der Waals surface area (Å²) in [5.41, 5.74) is 0. The molecule has 0 aromatic heterocycles. The van der Waals surface area contributed by atoms with Gasteiger partial charge in [0.1, 0.15) is 0 Å². The Morgan fingerprint density at radius 2 is 1.85 bits per heavy atom. The van der Waals surface area contributed by atoms with E-state index in [-0.39, 0.29) is 30.0 Å². The number of guanidine groups is 1. The van der Waals surface area contributed by atoms with Crippen molar-refractivity contribution in [3.63, 3.8) is 0 Å². The van der Waals surface area contributed by atoms with E-state index in [1.807, 2.05) is 6.92 Å². The zero-order chi connectivity index (χ0) is 19.2. The van der Waals surface area contributed by atoms with Crippen LogP contribution in [0.2, 0.25) is 0 Å². The molecule has 5 nitrogen and oxygen atoms in total. The van der Waals surface area contributed by atoms with E-state index in [1.54, 1.807) is 0 Å². The molecule has 2 unspecified atom stereocenters. The highest BCUT2D eigenvalue weighted by molar-refractivity contribution is 14.0. The van der Waals surface area contributed by atoms with Crippen molar-refractivity contribution in [1.29, 1.82) is 0 Å². The van der Waals surface area contributed by atoms with Gasteiger partial charge >= 0.3 is 6.18 Å². The molecule has 2 N–H and O–H groups in total. The van der Waals surface area contributed by atoms with E-state index >= 15 is 0 Å². The van der Waals surface area contributed by atoms with Gasteiger partial charge < -0.3 is 10.6 Å². The second kappa shape index (κ2) is 11.6. The molecule has 0 aromatic rings. The topological polar surface area (TPSA) is 42.9 Å². The number of likely N-dealkylation sites (tertiary alicyclic amines) is 2. The average molecular weight is 505 g/mol. The number of aliphatic imine (C=N–C) groups is 1. The third kappa shape index (κ3) is 8.72. The van der Waals surface area contributed by atoms with Crippen LogP contribution < -0.4 is 10.6 Å². The van der Waals surface area contributed by atoms with Crippen molar-refractivity contribution >= 4 is 29.9 Å². The van der Waals surface area contributed by atoms with Crippen molar-refractivity contribution in [2.24, 2.45) is 10.9 Å². The summed E-state index contributed by atoms with van der Waals surface area (Å²) in [6, 6.07) is 0.428. The molecule has 0 aliphatic carbocycles. The lowest BCUT2D eigenvalue weighted by molar-refractivity contribution is -0.143. The normalized spacial score (nSPS) is 23.5. The fourth-order valence-corrected chi connectivity index (χ4v) is 3.87. The third-order valence-corrected chi connectivity index (χ3v) is 5.18. The molecule has 2 heterocycles. The lowest BCUT2D eigenvalue weighted by Gasteiger charge is -2.30. The van der Waals surface area contributed by atoms with Crippen LogP contribution >= 0.6 is 24.0 Å². The number of halogens is 4. The van der Waals surface area contributed by atoms with Gasteiger partial charge in [0, 0.05) is 31.7 Å². The summed E-state index contributed by atoms with van der Waals surface area (Å²) in [5.74, 6) is 1.24. The van der Waals surface area contributed by atoms with Gasteiger partial charge in [-0.25, -0.2) is 0 Å². The first kappa shape index (κ1) is 24.7. The maximum atomic E-state index is 12.5. The number of nitrogens with zero attached hydrogens (tertiary/aromatic N) is 3. The SMILES string of the molecule is CCNC(=NCC(C(C)C)N1CCCC1)NC1CCN(CC(F)(F)F)C1.I. The smallest absolute Gasteiger partial charge is 0.357 e. The zero-order valence-corrected chi connectivity index (χ0v) is 19.0. The molecule has 0 radical (unpaired) electrons. The van der Waals surface area contributed by atoms with Crippen LogP contribution in [0.3, 0.4) is 0 Å². The van der Waals surface area contributed by atoms with E-state index < -0.39 is 12.7 Å². The van der Waals surface area contributed by atoms with Crippen molar-refractivity contribution in [2.45, 2.75) is 58.3 Å². The summed E-state index contributed by atoms with van der Waals surface area (Å²) < 4.78 is 37.6. The highest BCUT2D eigenvalue weighted by Gasteiger charge is 2.34. The number of hydrogen-bond acceptors (Lipinski definition) is 3. The molecular formula is C18H35F3IN5. The zero-order valence-electron chi connectivity index (χ0n) is 16.7. The molecular weight excluding hydrogens is 470 g/mol. The molecule has 2 aliphatic rings. The molecule has 2 atom stereocenters. The van der Waals surface area contributed by atoms with Gasteiger partial charge in [0.2, 0.25) is 0 Å². The van der Waals surface area contributed by atoms with E-state index in [0.29, 0.717) is 38.0 Å². The van der Waals surface area contributed by atoms with E-state index in [0.717, 1.165) is 25.6 Å². The Balaban J connectivity index is 0.00000364. The molecule has 0 aromatic carbocycles. The van der Waals surface area contributed by atoms with Crippen molar-refractivity contribution in [2.75, 3.05) is 45.8 Å². The monoisotopic (exact) mass is 505 g/mol. The number of alkyl halides is 3. The van der Waals surface area contributed by atoms with Gasteiger partial charge in [0.25, 0.3) is 0 Å². The second-order valence-electron chi connectivity index (χ2n) is 7.75. The van der Waals surface area contributed by atoms with Crippen LogP contribution in [0.25, 0.3) is 0 Å². The minimum Gasteiger partial charge on any atom is -0.357 e. The molecule has 2 rings (SSSR count). The second-order valence-corrected chi connectivity index (χ2v) is 7.75. The molecule has 2 aliphatic heterocycles. The lowest BCUT2D eigenvalue weighted by atomic mass is 10.0. The summed E-state index contributed by atoms with van der Waals surface area (Å²) >= 11 is 0. The van der Waals surface area contributed by atoms with Crippen LogP contribution in [0.1, 0.15) is 40.0 Å². The highest BCUT2D eigenvalue weighted by Crippen LogP contribution is 2.20. The van der Waals surface area contributed by atoms with Crippen LogP contribution in [0.4, 0.5) is 13.2 Å². The minimum atomic E-state index is -4.13. The van der Waals surface area contributed by atoms with Crippen LogP contribution in [0.15, 0.2) is 4.99 Å². The number of rotatable bonds is 7. The lowest BCUT2D eigenvalue weighted by Crippen LogP contribution is -2.46. The quantitative estimate of drug-likeness (QED) is 0.318. The fraction of sp³-hybridized carbons (Fsp3) is 0.944. The number of nitrogens with one attached hydrogen (secondary N) is 2. The molecule has 0 saturated carbocycles. The van der Waals surface area contributed by atoms with E-state index in [9.17, 15) is 13.2 Å². The van der Waals surface area contributed by atoms with Gasteiger partial charge in [0.05, 0.1) is 13.1 Å². The van der Waals surface area contributed by atoms with Gasteiger partial charge in [-0.2, -0.15) is 13.2 Å². The highest BCUT2D eigenvalue weighted by atomic mass is 127. The molecule has 160 valence electrons. The summed E-state index contributed by atoms with van der Waals surface area (Å²) in [6.07, 6.45) is -0.918. The van der Waals surface area contributed by atoms with Crippen LogP contribution in [-0.2, 0) is 0 Å². The summed E-state index contributed by atoms with van der Waals surface area (Å²) in [4.78, 5) is 8.73. The number of hydrogen-bond donors (Lipinski definition) is 2. The van der Waals surface area contributed by atoms with Gasteiger partial charge in [-0.3, -0.25) is 14.8 Å². The first-order valence-corrected chi connectivity index (χ1v) is 9.86. The van der Waals surface area contributed by atoms with Crippen molar-refractivity contribution < 1.29 is 13.2 Å². The Hall–Kier alpha value is -0.290. The Labute approximate surface area is 178 Å². The maximum absolute atomic E-state index is 12.5. The molecule has 9 heteroatoms.